The number of anilines is 2. The van der Waals surface area contributed by atoms with E-state index in [4.69, 9.17) is 44.1 Å². The molecule has 0 radical (unpaired) electrons. The Kier molecular flexibility index (Phi) is 16.6. The smallest absolute Gasteiger partial charge is 0.162 e. The number of aryl methyl sites for hydroxylation is 4. The van der Waals surface area contributed by atoms with Crippen molar-refractivity contribution in [1.29, 1.82) is 0 Å². The van der Waals surface area contributed by atoms with E-state index in [1.165, 1.54) is 0 Å². The van der Waals surface area contributed by atoms with Crippen LogP contribution in [0.2, 0.25) is 0 Å². The zero-order valence-corrected chi connectivity index (χ0v) is 41.7. The number of benzene rings is 2. The molecule has 0 atom stereocenters. The molecule has 67 heavy (non-hydrogen) atoms. The molecule has 1 saturated heterocycles. The largest absolute Gasteiger partial charge is 0.497 e. The molecule has 7 rings (SSSR count). The van der Waals surface area contributed by atoms with Crippen LogP contribution >= 0.6 is 0 Å². The number of pyridine rings is 2. The Morgan fingerprint density at radius 2 is 1.16 bits per heavy atom. The van der Waals surface area contributed by atoms with Gasteiger partial charge in [-0.3, -0.25) is 0 Å². The van der Waals surface area contributed by atoms with E-state index in [1.54, 1.807) is 14.2 Å². The lowest BCUT2D eigenvalue weighted by molar-refractivity contribution is -0.284. The minimum atomic E-state index is -0.660. The Morgan fingerprint density at radius 3 is 1.64 bits per heavy atom. The molecule has 16 heteroatoms. The molecule has 0 unspecified atom stereocenters. The van der Waals surface area contributed by atoms with E-state index in [0.717, 1.165) is 79.2 Å². The molecule has 5 heterocycles. The number of hydrogen-bond acceptors (Lipinski definition) is 14. The first kappa shape index (κ1) is 51.0. The van der Waals surface area contributed by atoms with Crippen molar-refractivity contribution in [3.05, 3.63) is 93.8 Å². The first-order chi connectivity index (χ1) is 31.9. The van der Waals surface area contributed by atoms with E-state index in [2.05, 4.69) is 64.5 Å². The maximum Gasteiger partial charge on any atom is 0.162 e. The van der Waals surface area contributed by atoms with Crippen molar-refractivity contribution in [3.8, 4) is 11.5 Å². The van der Waals surface area contributed by atoms with Gasteiger partial charge in [0.25, 0.3) is 0 Å². The first-order valence-electron chi connectivity index (χ1n) is 23.1. The fourth-order valence-corrected chi connectivity index (χ4v) is 8.11. The fraction of sp³-hybridized carbons (Fsp3) is 0.529. The van der Waals surface area contributed by atoms with Gasteiger partial charge in [0.2, 0.25) is 0 Å². The molecule has 1 aliphatic heterocycles. The molecule has 4 N–H and O–H groups in total. The quantitative estimate of drug-likeness (QED) is 0.0716. The van der Waals surface area contributed by atoms with Crippen LogP contribution in [0.3, 0.4) is 0 Å². The average Bonchev–Trinajstić information content (AvgIpc) is 3.87. The number of nitrogen functional groups attached to an aromatic ring is 1. The van der Waals surface area contributed by atoms with Gasteiger partial charge >= 0.3 is 0 Å². The molecule has 0 amide bonds. The second-order valence-corrected chi connectivity index (χ2v) is 18.7. The molecule has 0 spiro atoms. The second kappa shape index (κ2) is 21.7. The number of ether oxygens (including phenoxy) is 6. The predicted octanol–water partition coefficient (Wildman–Crippen LogP) is 7.76. The van der Waals surface area contributed by atoms with Crippen molar-refractivity contribution >= 4 is 33.7 Å². The number of aliphatic hydroxyl groups is 2. The fourth-order valence-electron chi connectivity index (χ4n) is 8.11. The maximum atomic E-state index is 9.64. The molecule has 1 aliphatic rings. The number of aromatic nitrogens is 6. The van der Waals surface area contributed by atoms with Crippen molar-refractivity contribution in [2.45, 2.75) is 114 Å². The zero-order valence-electron chi connectivity index (χ0n) is 41.7. The lowest BCUT2D eigenvalue weighted by Gasteiger charge is -2.41. The highest BCUT2D eigenvalue weighted by molar-refractivity contribution is 5.90. The Balaban J connectivity index is 0.000000271. The van der Waals surface area contributed by atoms with E-state index in [1.807, 2.05) is 77.3 Å². The molecular formula is C51H72N8O8. The van der Waals surface area contributed by atoms with Gasteiger partial charge in [0.15, 0.2) is 17.4 Å². The van der Waals surface area contributed by atoms with Gasteiger partial charge in [0.05, 0.1) is 51.7 Å². The number of fused-ring (bicyclic) bond motifs is 2. The van der Waals surface area contributed by atoms with Crippen LogP contribution in [0.1, 0.15) is 86.8 Å². The summed E-state index contributed by atoms with van der Waals surface area (Å²) in [5.74, 6) is 3.89. The van der Waals surface area contributed by atoms with Crippen molar-refractivity contribution in [2.75, 3.05) is 64.5 Å². The Hall–Kier alpha value is -5.36. The SMILES string of the molecule is CCOCc1nc2c(N(Cc3ccc(OC)cc3)Cc3ccc(OC)cc3)nc(C)c(C)c2n1CC1(C)COC(C)(C)OC1.CCOCc1nc2c(N)nc(C)c(C)c2n1CC(C)(CO)CO. The van der Waals surface area contributed by atoms with Crippen LogP contribution in [0.5, 0.6) is 11.5 Å². The minimum Gasteiger partial charge on any atom is -0.497 e. The van der Waals surface area contributed by atoms with E-state index < -0.39 is 11.2 Å². The number of rotatable bonds is 19. The van der Waals surface area contributed by atoms with Gasteiger partial charge in [-0.2, -0.15) is 0 Å². The number of nitrogens with zero attached hydrogens (tertiary/aromatic N) is 7. The summed E-state index contributed by atoms with van der Waals surface area (Å²) in [6.07, 6.45) is 0. The van der Waals surface area contributed by atoms with Crippen molar-refractivity contribution in [2.24, 2.45) is 10.8 Å². The second-order valence-electron chi connectivity index (χ2n) is 18.7. The van der Waals surface area contributed by atoms with Crippen LogP contribution in [-0.2, 0) is 58.3 Å². The maximum absolute atomic E-state index is 9.64. The molecule has 0 saturated carbocycles. The summed E-state index contributed by atoms with van der Waals surface area (Å²) in [4.78, 5) is 21.7. The van der Waals surface area contributed by atoms with E-state index >= 15 is 0 Å². The van der Waals surface area contributed by atoms with Gasteiger partial charge in [0, 0.05) is 61.6 Å². The van der Waals surface area contributed by atoms with Gasteiger partial charge in [0.1, 0.15) is 47.4 Å². The minimum absolute atomic E-state index is 0.129. The lowest BCUT2D eigenvalue weighted by atomic mass is 9.91. The van der Waals surface area contributed by atoms with Crippen LogP contribution in [0.25, 0.3) is 22.1 Å². The molecule has 0 aliphatic carbocycles. The first-order valence-corrected chi connectivity index (χ1v) is 23.1. The third kappa shape index (κ3) is 11.9. The zero-order chi connectivity index (χ0) is 48.7. The third-order valence-electron chi connectivity index (χ3n) is 12.5. The van der Waals surface area contributed by atoms with Crippen molar-refractivity contribution in [1.82, 2.24) is 29.1 Å². The van der Waals surface area contributed by atoms with Gasteiger partial charge in [-0.25, -0.2) is 19.9 Å². The third-order valence-corrected chi connectivity index (χ3v) is 12.5. The average molecular weight is 925 g/mol. The Morgan fingerprint density at radius 1 is 0.701 bits per heavy atom. The molecule has 4 aromatic heterocycles. The summed E-state index contributed by atoms with van der Waals surface area (Å²) in [5.41, 5.74) is 14.8. The molecular weight excluding hydrogens is 853 g/mol. The summed E-state index contributed by atoms with van der Waals surface area (Å²) in [5, 5.41) is 19.3. The lowest BCUT2D eigenvalue weighted by Crippen LogP contribution is -2.47. The molecule has 16 nitrogen and oxygen atoms in total. The van der Waals surface area contributed by atoms with Gasteiger partial charge in [-0.1, -0.05) is 38.1 Å². The van der Waals surface area contributed by atoms with Crippen LogP contribution in [0.15, 0.2) is 48.5 Å². The normalized spacial score (nSPS) is 14.6. The van der Waals surface area contributed by atoms with Crippen LogP contribution in [0, 0.1) is 38.5 Å². The van der Waals surface area contributed by atoms with Crippen LogP contribution < -0.4 is 20.1 Å². The Bertz CT molecular complexity index is 2530. The summed E-state index contributed by atoms with van der Waals surface area (Å²) < 4.78 is 38.8. The standard InChI is InChI=1S/C35H46N4O5.C16H26N4O3/c1-9-42-20-30-37-31-32(39(30)21-35(6)22-43-34(4,5)44-23-35)24(2)25(3)36-33(31)38(18-26-10-14-28(40-7)15-11-26)19-27-12-16-29(41-8)17-13-27;1-5-23-6-12-19-13-14(10(2)11(3)18-15(13)17)20(12)7-16(4,8-21)9-22/h10-17H,9,18-23H2,1-8H3;21-22H,5-9H2,1-4H3,(H2,17,18). The number of aliphatic hydroxyl groups excluding tert-OH is 2. The topological polar surface area (TPSA) is 187 Å². The number of imidazole rings is 2. The molecule has 6 aromatic rings. The van der Waals surface area contributed by atoms with E-state index in [9.17, 15) is 10.2 Å². The summed E-state index contributed by atoms with van der Waals surface area (Å²) in [6, 6.07) is 16.4. The number of hydrogen-bond donors (Lipinski definition) is 3. The van der Waals surface area contributed by atoms with Crippen LogP contribution in [0.4, 0.5) is 11.6 Å². The summed E-state index contributed by atoms with van der Waals surface area (Å²) in [6.45, 7) is 25.2. The highest BCUT2D eigenvalue weighted by atomic mass is 16.7. The highest BCUT2D eigenvalue weighted by Crippen LogP contribution is 2.37. The van der Waals surface area contributed by atoms with Crippen LogP contribution in [-0.4, -0.2) is 98.9 Å². The number of methoxy groups -OCH3 is 2. The van der Waals surface area contributed by atoms with Gasteiger partial charge in [-0.05, 0) is 102 Å². The highest BCUT2D eigenvalue weighted by Gasteiger charge is 2.38. The molecule has 1 fully saturated rings. The number of nitrogens with two attached hydrogens (primary N) is 1. The van der Waals surface area contributed by atoms with E-state index in [0.29, 0.717) is 77.2 Å². The van der Waals surface area contributed by atoms with Crippen molar-refractivity contribution in [3.63, 3.8) is 0 Å². The molecule has 364 valence electrons. The Labute approximate surface area is 395 Å². The molecule has 0 bridgehead atoms. The monoisotopic (exact) mass is 925 g/mol. The summed E-state index contributed by atoms with van der Waals surface area (Å²) in [7, 11) is 3.37. The van der Waals surface area contributed by atoms with Gasteiger partial charge < -0.3 is 58.4 Å². The summed E-state index contributed by atoms with van der Waals surface area (Å²) >= 11 is 0. The van der Waals surface area contributed by atoms with E-state index in [-0.39, 0.29) is 18.6 Å². The van der Waals surface area contributed by atoms with Gasteiger partial charge in [-0.15, -0.1) is 0 Å². The van der Waals surface area contributed by atoms with Crippen molar-refractivity contribution < 1.29 is 38.6 Å². The molecule has 2 aromatic carbocycles. The predicted molar refractivity (Wildman–Crippen MR) is 261 cm³/mol.